The lowest BCUT2D eigenvalue weighted by molar-refractivity contribution is -0.124. The molecular weight excluding hydrogens is 320 g/mol. The molecule has 0 aliphatic carbocycles. The molecule has 0 saturated carbocycles. The molecule has 1 amide bonds. The van der Waals surface area contributed by atoms with Crippen LogP contribution in [0.4, 0.5) is 5.69 Å². The first-order valence-electron chi connectivity index (χ1n) is 4.88. The van der Waals surface area contributed by atoms with Crippen LogP contribution in [0.1, 0.15) is 12.0 Å². The van der Waals surface area contributed by atoms with Crippen LogP contribution in [0.15, 0.2) is 6.07 Å². The van der Waals surface area contributed by atoms with Crippen molar-refractivity contribution in [2.75, 3.05) is 11.2 Å². The largest absolute Gasteiger partial charge is 0.323 e. The van der Waals surface area contributed by atoms with E-state index in [1.807, 2.05) is 0 Å². The molecule has 1 rings (SSSR count). The Bertz CT molecular complexity index is 502. The lowest BCUT2D eigenvalue weighted by atomic mass is 10.2. The first-order valence-corrected chi connectivity index (χ1v) is 6.55. The average Bonchev–Trinajstić information content (AvgIpc) is 2.31. The molecule has 0 aliphatic heterocycles. The molecule has 1 N–H and O–H groups in total. The minimum Gasteiger partial charge on any atom is -0.323 e. The molecule has 0 aromatic heterocycles. The highest BCUT2D eigenvalue weighted by atomic mass is 35.5. The van der Waals surface area contributed by atoms with Gasteiger partial charge in [0, 0.05) is 5.02 Å². The van der Waals surface area contributed by atoms with E-state index in [4.69, 9.17) is 46.4 Å². The molecule has 0 fully saturated rings. The summed E-state index contributed by atoms with van der Waals surface area (Å²) in [6, 6.07) is 1.48. The fourth-order valence-electron chi connectivity index (χ4n) is 1.21. The minimum absolute atomic E-state index is 0.210. The highest BCUT2D eigenvalue weighted by Gasteiger charge is 2.16. The van der Waals surface area contributed by atoms with E-state index in [9.17, 15) is 9.59 Å². The Morgan fingerprint density at radius 3 is 2.39 bits per heavy atom. The molecule has 1 aromatic rings. The van der Waals surface area contributed by atoms with Crippen LogP contribution in [0.5, 0.6) is 0 Å². The molecule has 0 spiro atoms. The van der Waals surface area contributed by atoms with Gasteiger partial charge in [-0.2, -0.15) is 0 Å². The maximum atomic E-state index is 11.5. The van der Waals surface area contributed by atoms with Crippen molar-refractivity contribution < 1.29 is 9.59 Å². The van der Waals surface area contributed by atoms with Gasteiger partial charge in [-0.05, 0) is 18.6 Å². The number of carbonyl (C=O) groups excluding carboxylic acids is 2. The van der Waals surface area contributed by atoms with Crippen molar-refractivity contribution >= 4 is 63.8 Å². The topological polar surface area (TPSA) is 46.2 Å². The predicted molar refractivity (Wildman–Crippen MR) is 75.2 cm³/mol. The van der Waals surface area contributed by atoms with Crippen molar-refractivity contribution in [1.29, 1.82) is 0 Å². The molecular formula is C11H9Cl4NO2. The minimum atomic E-state index is -0.522. The van der Waals surface area contributed by atoms with Crippen molar-refractivity contribution in [2.45, 2.75) is 13.3 Å². The zero-order chi connectivity index (χ0) is 13.9. The second-order valence-electron chi connectivity index (χ2n) is 3.55. The summed E-state index contributed by atoms with van der Waals surface area (Å²) < 4.78 is 0. The third-order valence-electron chi connectivity index (χ3n) is 2.17. The predicted octanol–water partition coefficient (Wildman–Crippen LogP) is 4.09. The Labute approximate surface area is 124 Å². The summed E-state index contributed by atoms with van der Waals surface area (Å²) >= 11 is 23.1. The van der Waals surface area contributed by atoms with Crippen LogP contribution in [0.2, 0.25) is 15.1 Å². The molecule has 18 heavy (non-hydrogen) atoms. The van der Waals surface area contributed by atoms with Crippen molar-refractivity contribution in [3.05, 3.63) is 26.7 Å². The number of amides is 1. The number of hydrogen-bond acceptors (Lipinski definition) is 2. The van der Waals surface area contributed by atoms with Gasteiger partial charge in [0.25, 0.3) is 0 Å². The molecule has 0 heterocycles. The van der Waals surface area contributed by atoms with E-state index in [2.05, 4.69) is 5.32 Å². The van der Waals surface area contributed by atoms with E-state index in [-0.39, 0.29) is 33.8 Å². The van der Waals surface area contributed by atoms with Crippen LogP contribution in [0.25, 0.3) is 0 Å². The summed E-state index contributed by atoms with van der Waals surface area (Å²) in [5.41, 5.74) is 0.842. The Morgan fingerprint density at radius 1 is 1.22 bits per heavy atom. The van der Waals surface area contributed by atoms with Crippen LogP contribution in [-0.2, 0) is 9.59 Å². The first-order chi connectivity index (χ1) is 8.36. The highest BCUT2D eigenvalue weighted by molar-refractivity contribution is 6.43. The van der Waals surface area contributed by atoms with Gasteiger partial charge >= 0.3 is 0 Å². The first kappa shape index (κ1) is 15.6. The van der Waals surface area contributed by atoms with E-state index in [1.54, 1.807) is 6.92 Å². The Balaban J connectivity index is 2.95. The van der Waals surface area contributed by atoms with Crippen LogP contribution in [-0.4, -0.2) is 17.6 Å². The van der Waals surface area contributed by atoms with Gasteiger partial charge in [-0.1, -0.05) is 34.8 Å². The van der Waals surface area contributed by atoms with Crippen LogP contribution in [0, 0.1) is 6.92 Å². The Hall–Kier alpha value is -0.480. The standard InChI is InChI=1S/C11H9Cl4NO2/c1-5-7(13)3-8(14)11(10(5)15)16-9(18)2-6(17)4-12/h3H,2,4H2,1H3,(H,16,18). The van der Waals surface area contributed by atoms with E-state index in [0.717, 1.165) is 0 Å². The third kappa shape index (κ3) is 3.75. The maximum absolute atomic E-state index is 11.5. The SMILES string of the molecule is Cc1c(Cl)cc(Cl)c(NC(=O)CC(=O)CCl)c1Cl. The van der Waals surface area contributed by atoms with E-state index < -0.39 is 5.91 Å². The van der Waals surface area contributed by atoms with Gasteiger partial charge in [-0.25, -0.2) is 0 Å². The van der Waals surface area contributed by atoms with Gasteiger partial charge in [0.15, 0.2) is 5.78 Å². The lowest BCUT2D eigenvalue weighted by Crippen LogP contribution is -2.17. The smallest absolute Gasteiger partial charge is 0.231 e. The molecule has 0 bridgehead atoms. The van der Waals surface area contributed by atoms with Gasteiger partial charge < -0.3 is 5.32 Å². The monoisotopic (exact) mass is 327 g/mol. The molecule has 3 nitrogen and oxygen atoms in total. The van der Waals surface area contributed by atoms with Crippen LogP contribution < -0.4 is 5.32 Å². The van der Waals surface area contributed by atoms with Gasteiger partial charge in [0.05, 0.1) is 28.0 Å². The second-order valence-corrected chi connectivity index (χ2v) is 5.01. The fraction of sp³-hybridized carbons (Fsp3) is 0.273. The Morgan fingerprint density at radius 2 is 1.83 bits per heavy atom. The third-order valence-corrected chi connectivity index (χ3v) is 3.63. The number of benzene rings is 1. The van der Waals surface area contributed by atoms with E-state index in [1.165, 1.54) is 6.07 Å². The zero-order valence-electron chi connectivity index (χ0n) is 9.32. The number of hydrogen-bond donors (Lipinski definition) is 1. The number of Topliss-reactive ketones (excluding diaryl/α,β-unsaturated/α-hetero) is 1. The zero-order valence-corrected chi connectivity index (χ0v) is 12.3. The number of nitrogens with one attached hydrogen (secondary N) is 1. The van der Waals surface area contributed by atoms with Crippen LogP contribution >= 0.6 is 46.4 Å². The van der Waals surface area contributed by atoms with Gasteiger partial charge in [0.2, 0.25) is 5.91 Å². The van der Waals surface area contributed by atoms with Crippen molar-refractivity contribution in [2.24, 2.45) is 0 Å². The summed E-state index contributed by atoms with van der Waals surface area (Å²) in [4.78, 5) is 22.6. The molecule has 0 unspecified atom stereocenters. The molecule has 0 saturated heterocycles. The number of ketones is 1. The molecule has 7 heteroatoms. The maximum Gasteiger partial charge on any atom is 0.231 e. The van der Waals surface area contributed by atoms with Crippen molar-refractivity contribution in [3.63, 3.8) is 0 Å². The van der Waals surface area contributed by atoms with Crippen molar-refractivity contribution in [3.8, 4) is 0 Å². The number of anilines is 1. The molecule has 0 atom stereocenters. The Kier molecular flexibility index (Phi) is 5.73. The van der Waals surface area contributed by atoms with E-state index >= 15 is 0 Å². The van der Waals surface area contributed by atoms with Crippen molar-refractivity contribution in [1.82, 2.24) is 0 Å². The van der Waals surface area contributed by atoms with Gasteiger partial charge in [0.1, 0.15) is 0 Å². The summed E-state index contributed by atoms with van der Waals surface area (Å²) in [6.45, 7) is 1.70. The molecule has 0 aliphatic rings. The molecule has 98 valence electrons. The number of halogens is 4. The summed E-state index contributed by atoms with van der Waals surface area (Å²) in [5, 5.41) is 3.33. The second kappa shape index (κ2) is 6.62. The highest BCUT2D eigenvalue weighted by Crippen LogP contribution is 2.37. The summed E-state index contributed by atoms with van der Waals surface area (Å²) in [6.07, 6.45) is -0.322. The van der Waals surface area contributed by atoms with E-state index in [0.29, 0.717) is 10.6 Å². The average molecular weight is 329 g/mol. The van der Waals surface area contributed by atoms with Gasteiger partial charge in [-0.3, -0.25) is 9.59 Å². The summed E-state index contributed by atoms with van der Waals surface area (Å²) in [7, 11) is 0. The summed E-state index contributed by atoms with van der Waals surface area (Å²) in [5.74, 6) is -1.12. The van der Waals surface area contributed by atoms with Gasteiger partial charge in [-0.15, -0.1) is 11.6 Å². The quantitative estimate of drug-likeness (QED) is 0.668. The van der Waals surface area contributed by atoms with Crippen LogP contribution in [0.3, 0.4) is 0 Å². The number of rotatable bonds is 4. The molecule has 0 radical (unpaired) electrons. The number of carbonyl (C=O) groups is 2. The normalized spacial score (nSPS) is 10.3. The lowest BCUT2D eigenvalue weighted by Gasteiger charge is -2.12. The number of alkyl halides is 1. The molecule has 1 aromatic carbocycles. The fourth-order valence-corrected chi connectivity index (χ4v) is 2.17.